The van der Waals surface area contributed by atoms with Crippen molar-refractivity contribution >= 4 is 12.0 Å². The molecule has 0 aliphatic rings. The Morgan fingerprint density at radius 3 is 2.65 bits per heavy atom. The third-order valence-corrected chi connectivity index (χ3v) is 2.87. The Balaban J connectivity index is 1.77. The molecule has 0 fully saturated rings. The van der Waals surface area contributed by atoms with Gasteiger partial charge < -0.3 is 14.3 Å². The summed E-state index contributed by atoms with van der Waals surface area (Å²) >= 11 is 1.27. The first-order valence-corrected chi connectivity index (χ1v) is 5.95. The van der Waals surface area contributed by atoms with Crippen molar-refractivity contribution in [2.45, 2.75) is 12.4 Å². The first-order chi connectivity index (χ1) is 8.25. The molecule has 0 spiro atoms. The van der Waals surface area contributed by atoms with Gasteiger partial charge in [-0.05, 0) is 17.6 Å². The fourth-order valence-corrected chi connectivity index (χ4v) is 1.91. The summed E-state index contributed by atoms with van der Waals surface area (Å²) < 4.78 is 5.28. The zero-order valence-electron chi connectivity index (χ0n) is 8.97. The van der Waals surface area contributed by atoms with Crippen LogP contribution in [-0.4, -0.2) is 15.1 Å². The summed E-state index contributed by atoms with van der Waals surface area (Å²) in [5.74, 6) is 0.548. The molecule has 0 saturated carbocycles. The lowest BCUT2D eigenvalue weighted by atomic mass is 10.2. The average molecular weight is 252 g/mol. The van der Waals surface area contributed by atoms with Crippen LogP contribution in [0.4, 0.5) is 0 Å². The smallest absolute Gasteiger partial charge is 0.326 e. The van der Waals surface area contributed by atoms with Crippen molar-refractivity contribution < 1.29 is 9.29 Å². The topological polar surface area (TPSA) is 78.1 Å². The van der Waals surface area contributed by atoms with Gasteiger partial charge in [-0.15, -0.1) is 0 Å². The van der Waals surface area contributed by atoms with Crippen molar-refractivity contribution in [3.8, 4) is 5.88 Å². The van der Waals surface area contributed by atoms with Gasteiger partial charge in [0.2, 0.25) is 5.88 Å². The van der Waals surface area contributed by atoms with Gasteiger partial charge in [0.05, 0.1) is 0 Å². The third-order valence-electron chi connectivity index (χ3n) is 2.14. The monoisotopic (exact) mass is 252 g/mol. The van der Waals surface area contributed by atoms with E-state index in [2.05, 4.69) is 9.97 Å². The molecule has 0 unspecified atom stereocenters. The molecule has 0 radical (unpaired) electrons. The molecule has 90 valence electrons. The number of aromatic hydroxyl groups is 1. The molecule has 2 rings (SSSR count). The lowest BCUT2D eigenvalue weighted by molar-refractivity contribution is 0.343. The van der Waals surface area contributed by atoms with Crippen LogP contribution in [0.5, 0.6) is 5.88 Å². The molecule has 2 aromatic rings. The summed E-state index contributed by atoms with van der Waals surface area (Å²) in [5, 5.41) is 9.27. The van der Waals surface area contributed by atoms with Gasteiger partial charge in [-0.1, -0.05) is 30.3 Å². The molecule has 5 nitrogen and oxygen atoms in total. The maximum atomic E-state index is 10.8. The molecular weight excluding hydrogens is 240 g/mol. The fraction of sp³-hybridized carbons (Fsp3) is 0.182. The van der Waals surface area contributed by atoms with E-state index in [9.17, 15) is 9.90 Å². The summed E-state index contributed by atoms with van der Waals surface area (Å²) in [6.45, 7) is 0.155. The second kappa shape index (κ2) is 5.60. The number of nitrogens with one attached hydrogen (secondary N) is 2. The normalized spacial score (nSPS) is 10.6. The van der Waals surface area contributed by atoms with Crippen LogP contribution in [0.25, 0.3) is 0 Å². The van der Waals surface area contributed by atoms with E-state index in [1.54, 1.807) is 0 Å². The Hall–Kier alpha value is -1.66. The number of rotatable bonds is 5. The van der Waals surface area contributed by atoms with Crippen molar-refractivity contribution in [1.82, 2.24) is 9.97 Å². The molecule has 0 bridgehead atoms. The predicted molar refractivity (Wildman–Crippen MR) is 65.6 cm³/mol. The molecule has 0 amide bonds. The molecule has 0 aliphatic carbocycles. The standard InChI is InChI=1S/C11H12N2O3S/c14-10-9(12-11(15)13-10)6-16-17-7-8-4-2-1-3-5-8/h1-5,14H,6-7H2,(H2,12,13,15). The summed E-state index contributed by atoms with van der Waals surface area (Å²) in [6, 6.07) is 9.90. The second-order valence-corrected chi connectivity index (χ2v) is 4.18. The first-order valence-electron chi connectivity index (χ1n) is 5.04. The number of aromatic nitrogens is 2. The number of imidazole rings is 1. The Morgan fingerprint density at radius 2 is 2.00 bits per heavy atom. The highest BCUT2D eigenvalue weighted by Gasteiger charge is 2.05. The highest BCUT2D eigenvalue weighted by atomic mass is 32.2. The van der Waals surface area contributed by atoms with Crippen molar-refractivity contribution in [3.05, 3.63) is 52.1 Å². The fourth-order valence-electron chi connectivity index (χ4n) is 1.30. The maximum absolute atomic E-state index is 10.8. The van der Waals surface area contributed by atoms with Gasteiger partial charge in [-0.3, -0.25) is 4.98 Å². The number of hydrogen-bond acceptors (Lipinski definition) is 4. The van der Waals surface area contributed by atoms with Crippen molar-refractivity contribution in [1.29, 1.82) is 0 Å². The van der Waals surface area contributed by atoms with Crippen LogP contribution in [0.1, 0.15) is 11.3 Å². The number of hydrogen-bond donors (Lipinski definition) is 3. The summed E-state index contributed by atoms with van der Waals surface area (Å²) in [5.41, 5.74) is 1.08. The highest BCUT2D eigenvalue weighted by molar-refractivity contribution is 7.93. The summed E-state index contributed by atoms with van der Waals surface area (Å²) in [4.78, 5) is 15.5. The highest BCUT2D eigenvalue weighted by Crippen LogP contribution is 2.17. The minimum Gasteiger partial charge on any atom is -0.493 e. The Kier molecular flexibility index (Phi) is 3.89. The van der Waals surface area contributed by atoms with Crippen molar-refractivity contribution in [2.24, 2.45) is 0 Å². The first kappa shape index (κ1) is 11.8. The van der Waals surface area contributed by atoms with Crippen LogP contribution in [0, 0.1) is 0 Å². The zero-order chi connectivity index (χ0) is 12.1. The van der Waals surface area contributed by atoms with Crippen LogP contribution in [0.3, 0.4) is 0 Å². The molecule has 6 heteroatoms. The molecule has 0 aliphatic heterocycles. The van der Waals surface area contributed by atoms with E-state index in [1.807, 2.05) is 30.3 Å². The number of aromatic amines is 2. The Bertz CT molecular complexity index is 521. The van der Waals surface area contributed by atoms with Gasteiger partial charge in [0.25, 0.3) is 0 Å². The van der Waals surface area contributed by atoms with Gasteiger partial charge in [0.1, 0.15) is 12.3 Å². The van der Waals surface area contributed by atoms with Gasteiger partial charge in [0, 0.05) is 5.75 Å². The van der Waals surface area contributed by atoms with Crippen molar-refractivity contribution in [2.75, 3.05) is 0 Å². The van der Waals surface area contributed by atoms with E-state index in [-0.39, 0.29) is 12.5 Å². The Labute approximate surface area is 102 Å². The lowest BCUT2D eigenvalue weighted by Crippen LogP contribution is -2.01. The molecule has 1 aromatic carbocycles. The molecule has 0 atom stereocenters. The molecule has 1 heterocycles. The van der Waals surface area contributed by atoms with Crippen molar-refractivity contribution in [3.63, 3.8) is 0 Å². The summed E-state index contributed by atoms with van der Waals surface area (Å²) in [7, 11) is 0. The molecule has 3 N–H and O–H groups in total. The lowest BCUT2D eigenvalue weighted by Gasteiger charge is -2.01. The number of H-pyrrole nitrogens is 2. The summed E-state index contributed by atoms with van der Waals surface area (Å²) in [6.07, 6.45) is 0. The third kappa shape index (κ3) is 3.40. The van der Waals surface area contributed by atoms with Gasteiger partial charge in [0.15, 0.2) is 0 Å². The van der Waals surface area contributed by atoms with Crippen LogP contribution in [-0.2, 0) is 16.5 Å². The van der Waals surface area contributed by atoms with E-state index in [0.29, 0.717) is 5.69 Å². The molecule has 0 saturated heterocycles. The average Bonchev–Trinajstić information content (AvgIpc) is 2.65. The predicted octanol–water partition coefficient (Wildman–Crippen LogP) is 1.77. The number of benzene rings is 1. The van der Waals surface area contributed by atoms with E-state index in [4.69, 9.17) is 4.18 Å². The second-order valence-electron chi connectivity index (χ2n) is 3.42. The van der Waals surface area contributed by atoms with Crippen LogP contribution in [0.2, 0.25) is 0 Å². The van der Waals surface area contributed by atoms with Crippen LogP contribution >= 0.6 is 12.0 Å². The molecule has 17 heavy (non-hydrogen) atoms. The minimum atomic E-state index is -0.436. The maximum Gasteiger partial charge on any atom is 0.326 e. The van der Waals surface area contributed by atoms with E-state index in [1.165, 1.54) is 12.0 Å². The largest absolute Gasteiger partial charge is 0.493 e. The quantitative estimate of drug-likeness (QED) is 0.560. The van der Waals surface area contributed by atoms with Gasteiger partial charge in [-0.2, -0.15) is 0 Å². The molecular formula is C11H12N2O3S. The van der Waals surface area contributed by atoms with Crippen LogP contribution in [0.15, 0.2) is 35.1 Å². The SMILES string of the molecule is O=c1[nH]c(O)c(COSCc2ccccc2)[nH]1. The van der Waals surface area contributed by atoms with E-state index < -0.39 is 5.69 Å². The Morgan fingerprint density at radius 1 is 1.24 bits per heavy atom. The minimum absolute atomic E-state index is 0.155. The van der Waals surface area contributed by atoms with Gasteiger partial charge >= 0.3 is 5.69 Å². The van der Waals surface area contributed by atoms with E-state index in [0.717, 1.165) is 11.3 Å². The van der Waals surface area contributed by atoms with E-state index >= 15 is 0 Å². The zero-order valence-corrected chi connectivity index (χ0v) is 9.79. The van der Waals surface area contributed by atoms with Gasteiger partial charge in [-0.25, -0.2) is 4.79 Å². The van der Waals surface area contributed by atoms with Crippen LogP contribution < -0.4 is 5.69 Å². The molecule has 1 aromatic heterocycles.